The Balaban J connectivity index is 1.02. The fourth-order valence-electron chi connectivity index (χ4n) is 12.2. The van der Waals surface area contributed by atoms with Gasteiger partial charge in [0, 0.05) is 93.8 Å². The van der Waals surface area contributed by atoms with Crippen molar-refractivity contribution in [3.05, 3.63) is 267 Å². The Morgan fingerprint density at radius 1 is 0.455 bits per heavy atom. The number of hydrogen-bond donors (Lipinski definition) is 6. The Labute approximate surface area is 569 Å². The molecular formula is C80H72N6O13. The lowest BCUT2D eigenvalue weighted by molar-refractivity contribution is -0.139. The third kappa shape index (κ3) is 15.7. The highest BCUT2D eigenvalue weighted by Crippen LogP contribution is 2.43. The van der Waals surface area contributed by atoms with E-state index in [9.17, 15) is 14.4 Å². The van der Waals surface area contributed by atoms with Gasteiger partial charge in [-0.05, 0) is 98.7 Å². The van der Waals surface area contributed by atoms with E-state index in [0.29, 0.717) is 16.7 Å². The first-order chi connectivity index (χ1) is 48.0. The van der Waals surface area contributed by atoms with Gasteiger partial charge in [0.05, 0.1) is 25.3 Å². The van der Waals surface area contributed by atoms with Crippen LogP contribution in [0.15, 0.2) is 227 Å². The molecule has 0 saturated carbocycles. The SMILES string of the molecule is COc1c(OC(=O)[C@H](Cc2c[nH]c3ccccc23)NC(=O)Cc2ccccc2)cc2oc3cc(OC(=O)[C@H](Cc4c[nH]c5ccccc45)NC(=O)Cc4ccccc4)c(CC=C(C)C)c(OC(=O)C(Cc4c[nH]c5ccccc45)NC(=O)Oc4ccccc4)c3c(=O)c2c1CC=C(C)C. The summed E-state index contributed by atoms with van der Waals surface area (Å²) in [5, 5.41) is 10.6. The normalized spacial score (nSPS) is 12.1. The summed E-state index contributed by atoms with van der Waals surface area (Å²) in [4.78, 5) is 114. The minimum absolute atomic E-state index is 0.00735. The number of esters is 3. The van der Waals surface area contributed by atoms with E-state index in [1.54, 1.807) is 67.1 Å². The first-order valence-electron chi connectivity index (χ1n) is 32.5. The molecule has 3 amide bonds. The standard InChI is InChI=1S/C80H72N6O13/c1-47(2)33-35-58-66(97-77(90)63(84-70(87)37-49-21-9-6-10-22-49)39-51-44-81-60-30-18-15-27-55(51)60)42-68-73(76(58)99-79(92)65(86-80(93)95-54-25-13-8-14-26-54)41-53-46-83-62-32-20-17-29-57(53)62)74(89)72-59(36-34-48(3)4)75(94-5)69(43-67(72)96-68)98-78(91)64(85-71(88)38-50-23-11-7-12-24-50)40-52-45-82-61-31-19-16-28-56(52)61/h6-34,42-46,63-65,81-83H,35-41H2,1-5H3,(H,84,87)(H,85,88)(H,86,93)/t63-,64-,65?/m0/s1. The summed E-state index contributed by atoms with van der Waals surface area (Å²) < 4.78 is 38.3. The molecular weight excluding hydrogens is 1250 g/mol. The Bertz CT molecular complexity index is 5140. The number of carbonyl (C=O) groups excluding carboxylic acids is 6. The molecule has 0 spiro atoms. The number of H-pyrrole nitrogens is 3. The fourth-order valence-corrected chi connectivity index (χ4v) is 12.2. The Kier molecular flexibility index (Phi) is 20.4. The predicted molar refractivity (Wildman–Crippen MR) is 379 cm³/mol. The van der Waals surface area contributed by atoms with Crippen LogP contribution in [0.25, 0.3) is 54.6 Å². The van der Waals surface area contributed by atoms with E-state index in [-0.39, 0.29) is 107 Å². The van der Waals surface area contributed by atoms with E-state index in [1.165, 1.54) is 19.2 Å². The van der Waals surface area contributed by atoms with Crippen molar-refractivity contribution in [1.82, 2.24) is 30.9 Å². The van der Waals surface area contributed by atoms with Gasteiger partial charge in [-0.15, -0.1) is 0 Å². The summed E-state index contributed by atoms with van der Waals surface area (Å²) in [7, 11) is 1.36. The van der Waals surface area contributed by atoms with Gasteiger partial charge in [-0.3, -0.25) is 14.4 Å². The molecule has 3 atom stereocenters. The second kappa shape index (κ2) is 30.2. The predicted octanol–water partition coefficient (Wildman–Crippen LogP) is 13.5. The molecule has 8 aromatic carbocycles. The molecule has 1 unspecified atom stereocenters. The molecule has 12 aromatic rings. The molecule has 4 heterocycles. The summed E-state index contributed by atoms with van der Waals surface area (Å²) in [6.07, 6.45) is 7.50. The zero-order chi connectivity index (χ0) is 69.1. The largest absolute Gasteiger partial charge is 0.493 e. The summed E-state index contributed by atoms with van der Waals surface area (Å²) in [6.45, 7) is 7.43. The zero-order valence-corrected chi connectivity index (χ0v) is 55.1. The van der Waals surface area contributed by atoms with E-state index < -0.39 is 59.4 Å². The van der Waals surface area contributed by atoms with Crippen LogP contribution < -0.4 is 45.1 Å². The molecule has 500 valence electrons. The van der Waals surface area contributed by atoms with Crippen LogP contribution in [-0.2, 0) is 68.9 Å². The highest BCUT2D eigenvalue weighted by atomic mass is 16.6. The molecule has 0 bridgehead atoms. The van der Waals surface area contributed by atoms with E-state index in [4.69, 9.17) is 28.1 Å². The molecule has 12 rings (SSSR count). The molecule has 0 aliphatic carbocycles. The average Bonchev–Trinajstić information content (AvgIpc) is 1.61. The lowest BCUT2D eigenvalue weighted by atomic mass is 9.98. The van der Waals surface area contributed by atoms with Gasteiger partial charge < -0.3 is 59.0 Å². The van der Waals surface area contributed by atoms with Crippen LogP contribution in [0, 0.1) is 0 Å². The van der Waals surface area contributed by atoms with Gasteiger partial charge in [0.15, 0.2) is 17.2 Å². The number of ether oxygens (including phenoxy) is 5. The highest BCUT2D eigenvalue weighted by molar-refractivity contribution is 6.01. The van der Waals surface area contributed by atoms with Gasteiger partial charge in [0.2, 0.25) is 17.2 Å². The number of allylic oxidation sites excluding steroid dienone is 4. The number of amides is 3. The lowest BCUT2D eigenvalue weighted by Crippen LogP contribution is -2.46. The molecule has 19 nitrogen and oxygen atoms in total. The summed E-state index contributed by atoms with van der Waals surface area (Å²) in [6, 6.07) is 47.5. The number of aromatic nitrogens is 3. The Morgan fingerprint density at radius 2 is 0.859 bits per heavy atom. The number of fused-ring (bicyclic) bond motifs is 5. The maximum absolute atomic E-state index is 16.3. The minimum Gasteiger partial charge on any atom is -0.493 e. The van der Waals surface area contributed by atoms with Crippen LogP contribution >= 0.6 is 0 Å². The molecule has 99 heavy (non-hydrogen) atoms. The van der Waals surface area contributed by atoms with Crippen LogP contribution in [0.4, 0.5) is 4.79 Å². The van der Waals surface area contributed by atoms with Gasteiger partial charge in [-0.25, -0.2) is 19.2 Å². The number of methoxy groups -OCH3 is 1. The molecule has 6 N–H and O–H groups in total. The summed E-state index contributed by atoms with van der Waals surface area (Å²) in [5.74, 6) is -4.39. The topological polar surface area (TPSA) is 262 Å². The monoisotopic (exact) mass is 1320 g/mol. The smallest absolute Gasteiger partial charge is 0.413 e. The summed E-state index contributed by atoms with van der Waals surface area (Å²) in [5.41, 5.74) is 6.59. The maximum Gasteiger partial charge on any atom is 0.413 e. The number of para-hydroxylation sites is 4. The molecule has 0 radical (unpaired) electrons. The van der Waals surface area contributed by atoms with Gasteiger partial charge in [0.25, 0.3) is 0 Å². The Morgan fingerprint density at radius 3 is 1.33 bits per heavy atom. The quantitative estimate of drug-likeness (QED) is 0.0135. The number of hydrogen-bond acceptors (Lipinski definition) is 13. The fraction of sp³-hybridized carbons (Fsp3) is 0.188. The van der Waals surface area contributed by atoms with Crippen molar-refractivity contribution < 1.29 is 56.9 Å². The molecule has 19 heteroatoms. The number of carbonyl (C=O) groups is 6. The third-order valence-corrected chi connectivity index (χ3v) is 17.0. The zero-order valence-electron chi connectivity index (χ0n) is 55.1. The molecule has 4 aromatic heterocycles. The third-order valence-electron chi connectivity index (χ3n) is 17.0. The second-order valence-corrected chi connectivity index (χ2v) is 24.6. The van der Waals surface area contributed by atoms with E-state index >= 15 is 19.2 Å². The van der Waals surface area contributed by atoms with Crippen molar-refractivity contribution in [2.45, 2.75) is 90.8 Å². The average molecular weight is 1330 g/mol. The van der Waals surface area contributed by atoms with Gasteiger partial charge >= 0.3 is 24.0 Å². The van der Waals surface area contributed by atoms with Crippen LogP contribution in [-0.4, -0.2) is 76.0 Å². The lowest BCUT2D eigenvalue weighted by Gasteiger charge is -2.22. The van der Waals surface area contributed by atoms with E-state index in [0.717, 1.165) is 55.0 Å². The number of rotatable bonds is 25. The Hall–Kier alpha value is -12.3. The first kappa shape index (κ1) is 66.8. The minimum atomic E-state index is -1.51. The van der Waals surface area contributed by atoms with Crippen LogP contribution in [0.1, 0.15) is 66.6 Å². The van der Waals surface area contributed by atoms with Crippen molar-refractivity contribution in [3.63, 3.8) is 0 Å². The highest BCUT2D eigenvalue weighted by Gasteiger charge is 2.34. The van der Waals surface area contributed by atoms with Crippen molar-refractivity contribution >= 4 is 90.5 Å². The van der Waals surface area contributed by atoms with Crippen molar-refractivity contribution in [3.8, 4) is 28.7 Å². The summed E-state index contributed by atoms with van der Waals surface area (Å²) >= 11 is 0. The van der Waals surface area contributed by atoms with E-state index in [2.05, 4.69) is 30.9 Å². The molecule has 0 fully saturated rings. The van der Waals surface area contributed by atoms with Crippen molar-refractivity contribution in [2.75, 3.05) is 7.11 Å². The number of nitrogens with one attached hydrogen (secondary N) is 6. The molecule has 0 aliphatic rings. The second-order valence-electron chi connectivity index (χ2n) is 24.6. The van der Waals surface area contributed by atoms with Gasteiger partial charge in [-0.2, -0.15) is 0 Å². The number of benzene rings is 8. The van der Waals surface area contributed by atoms with E-state index in [1.807, 2.05) is 155 Å². The van der Waals surface area contributed by atoms with Crippen molar-refractivity contribution in [2.24, 2.45) is 0 Å². The van der Waals surface area contributed by atoms with Crippen LogP contribution in [0.3, 0.4) is 0 Å². The number of aromatic amines is 3. The van der Waals surface area contributed by atoms with Crippen LogP contribution in [0.5, 0.6) is 28.7 Å². The maximum atomic E-state index is 16.3. The van der Waals surface area contributed by atoms with Crippen molar-refractivity contribution in [1.29, 1.82) is 0 Å². The van der Waals surface area contributed by atoms with Crippen LogP contribution in [0.2, 0.25) is 0 Å². The first-order valence-corrected chi connectivity index (χ1v) is 32.5. The van der Waals surface area contributed by atoms with Gasteiger partial charge in [0.1, 0.15) is 46.2 Å². The van der Waals surface area contributed by atoms with Gasteiger partial charge in [-0.1, -0.05) is 157 Å². The molecule has 0 aliphatic heterocycles. The molecule has 0 saturated heterocycles.